The second kappa shape index (κ2) is 6.84. The van der Waals surface area contributed by atoms with E-state index in [9.17, 15) is 9.59 Å². The van der Waals surface area contributed by atoms with Crippen LogP contribution in [0.25, 0.3) is 0 Å². The lowest BCUT2D eigenvalue weighted by atomic mass is 10.2. The Morgan fingerprint density at radius 1 is 1.29 bits per heavy atom. The summed E-state index contributed by atoms with van der Waals surface area (Å²) >= 11 is 12.7. The summed E-state index contributed by atoms with van der Waals surface area (Å²) in [5, 5.41) is 13.7. The quantitative estimate of drug-likeness (QED) is 0.812. The fraction of sp³-hybridized carbons (Fsp3) is 0.167. The summed E-state index contributed by atoms with van der Waals surface area (Å²) in [5.74, 6) is -1.44. The van der Waals surface area contributed by atoms with Gasteiger partial charge in [-0.2, -0.15) is 0 Å². The van der Waals surface area contributed by atoms with Crippen LogP contribution in [0.15, 0.2) is 17.5 Å². The molecule has 0 aliphatic rings. The number of carboxylic acids is 1. The number of pyridine rings is 1. The summed E-state index contributed by atoms with van der Waals surface area (Å²) < 4.78 is 0. The molecule has 0 fully saturated rings. The lowest BCUT2D eigenvalue weighted by Gasteiger charge is -2.05. The summed E-state index contributed by atoms with van der Waals surface area (Å²) in [6, 6.07) is 2.96. The summed E-state index contributed by atoms with van der Waals surface area (Å²) in [6.07, 6.45) is 0.433. The normalized spacial score (nSPS) is 10.4. The van der Waals surface area contributed by atoms with Crippen LogP contribution < -0.4 is 5.32 Å². The van der Waals surface area contributed by atoms with Crippen LogP contribution >= 0.6 is 34.5 Å². The molecule has 21 heavy (non-hydrogen) atoms. The standard InChI is InChI=1S/C12H9Cl2N3O3S/c13-8-2-1-6(10(14)17-8)11(18)15-4-3-9-16-7(5-21-9)12(19)20/h1-2,5H,3-4H2,(H,15,18)(H,19,20). The van der Waals surface area contributed by atoms with E-state index in [-0.39, 0.29) is 27.5 Å². The van der Waals surface area contributed by atoms with Gasteiger partial charge in [0, 0.05) is 18.3 Å². The second-order valence-corrected chi connectivity index (χ2v) is 5.60. The van der Waals surface area contributed by atoms with Gasteiger partial charge in [0.05, 0.1) is 10.6 Å². The highest BCUT2D eigenvalue weighted by Crippen LogP contribution is 2.16. The molecule has 0 saturated heterocycles. The first-order valence-electron chi connectivity index (χ1n) is 5.75. The zero-order chi connectivity index (χ0) is 15.4. The molecule has 2 rings (SSSR count). The Labute approximate surface area is 133 Å². The van der Waals surface area contributed by atoms with Gasteiger partial charge >= 0.3 is 5.97 Å². The molecule has 0 aliphatic heterocycles. The lowest BCUT2D eigenvalue weighted by molar-refractivity contribution is 0.0690. The Balaban J connectivity index is 1.90. The Morgan fingerprint density at radius 3 is 2.67 bits per heavy atom. The number of halogens is 2. The van der Waals surface area contributed by atoms with Gasteiger partial charge in [-0.25, -0.2) is 14.8 Å². The smallest absolute Gasteiger partial charge is 0.355 e. The third kappa shape index (κ3) is 4.13. The van der Waals surface area contributed by atoms with Crippen LogP contribution in [0.5, 0.6) is 0 Å². The molecule has 110 valence electrons. The summed E-state index contributed by atoms with van der Waals surface area (Å²) in [5.41, 5.74) is 0.234. The van der Waals surface area contributed by atoms with Crippen molar-refractivity contribution in [2.24, 2.45) is 0 Å². The molecule has 0 bridgehead atoms. The van der Waals surface area contributed by atoms with Gasteiger partial charge in [-0.15, -0.1) is 11.3 Å². The number of nitrogens with one attached hydrogen (secondary N) is 1. The predicted molar refractivity (Wildman–Crippen MR) is 79.4 cm³/mol. The van der Waals surface area contributed by atoms with Crippen LogP contribution in [0.2, 0.25) is 10.3 Å². The molecule has 0 unspecified atom stereocenters. The Morgan fingerprint density at radius 2 is 2.05 bits per heavy atom. The highest BCUT2D eigenvalue weighted by Gasteiger charge is 2.12. The van der Waals surface area contributed by atoms with Crippen LogP contribution in [-0.4, -0.2) is 33.5 Å². The van der Waals surface area contributed by atoms with Crippen molar-refractivity contribution in [3.8, 4) is 0 Å². The average Bonchev–Trinajstić information content (AvgIpc) is 2.87. The topological polar surface area (TPSA) is 92.2 Å². The van der Waals surface area contributed by atoms with Gasteiger partial charge in [-0.3, -0.25) is 4.79 Å². The first kappa shape index (κ1) is 15.7. The molecule has 0 aliphatic carbocycles. The van der Waals surface area contributed by atoms with Crippen molar-refractivity contribution in [2.45, 2.75) is 6.42 Å². The molecule has 6 nitrogen and oxygen atoms in total. The minimum absolute atomic E-state index is 0.00581. The first-order valence-corrected chi connectivity index (χ1v) is 7.39. The molecule has 0 aromatic carbocycles. The Kier molecular flexibility index (Phi) is 5.11. The number of carboxylic acid groups (broad SMARTS) is 1. The molecule has 2 heterocycles. The van der Waals surface area contributed by atoms with E-state index in [0.29, 0.717) is 18.0 Å². The molecule has 2 aromatic rings. The van der Waals surface area contributed by atoms with Crippen LogP contribution in [0.3, 0.4) is 0 Å². The van der Waals surface area contributed by atoms with Crippen LogP contribution in [0, 0.1) is 0 Å². The van der Waals surface area contributed by atoms with Gasteiger partial charge in [-0.05, 0) is 12.1 Å². The summed E-state index contributed by atoms with van der Waals surface area (Å²) in [6.45, 7) is 0.310. The Bertz CT molecular complexity index is 690. The molecule has 2 N–H and O–H groups in total. The van der Waals surface area contributed by atoms with Gasteiger partial charge in [0.1, 0.15) is 10.3 Å². The van der Waals surface area contributed by atoms with E-state index in [0.717, 1.165) is 0 Å². The van der Waals surface area contributed by atoms with Crippen LogP contribution in [-0.2, 0) is 6.42 Å². The van der Waals surface area contributed by atoms with Crippen molar-refractivity contribution in [2.75, 3.05) is 6.54 Å². The maximum atomic E-state index is 11.9. The Hall–Kier alpha value is -1.70. The van der Waals surface area contributed by atoms with Crippen molar-refractivity contribution in [3.63, 3.8) is 0 Å². The maximum absolute atomic E-state index is 11.9. The minimum Gasteiger partial charge on any atom is -0.476 e. The van der Waals surface area contributed by atoms with Crippen molar-refractivity contribution >= 4 is 46.4 Å². The number of thiazole rings is 1. The zero-order valence-corrected chi connectivity index (χ0v) is 12.8. The number of aromatic carboxylic acids is 1. The van der Waals surface area contributed by atoms with Crippen molar-refractivity contribution < 1.29 is 14.7 Å². The number of aromatic nitrogens is 2. The van der Waals surface area contributed by atoms with Crippen molar-refractivity contribution in [1.29, 1.82) is 0 Å². The van der Waals surface area contributed by atoms with E-state index in [1.165, 1.54) is 28.8 Å². The molecule has 9 heteroatoms. The maximum Gasteiger partial charge on any atom is 0.355 e. The molecular formula is C12H9Cl2N3O3S. The minimum atomic E-state index is -1.07. The number of nitrogens with zero attached hydrogens (tertiary/aromatic N) is 2. The fourth-order valence-electron chi connectivity index (χ4n) is 1.48. The predicted octanol–water partition coefficient (Wildman–Crippen LogP) is 2.52. The van der Waals surface area contributed by atoms with Crippen molar-refractivity contribution in [1.82, 2.24) is 15.3 Å². The lowest BCUT2D eigenvalue weighted by Crippen LogP contribution is -2.26. The first-order chi connectivity index (χ1) is 9.97. The highest BCUT2D eigenvalue weighted by molar-refractivity contribution is 7.09. The van der Waals surface area contributed by atoms with Crippen LogP contribution in [0.4, 0.5) is 0 Å². The zero-order valence-electron chi connectivity index (χ0n) is 10.5. The molecule has 0 radical (unpaired) electrons. The number of carbonyl (C=O) groups is 2. The number of hydrogen-bond acceptors (Lipinski definition) is 5. The van der Waals surface area contributed by atoms with Crippen molar-refractivity contribution in [3.05, 3.63) is 44.1 Å². The van der Waals surface area contributed by atoms with Gasteiger partial charge in [0.15, 0.2) is 5.69 Å². The molecule has 0 spiro atoms. The average molecular weight is 346 g/mol. The number of amides is 1. The fourth-order valence-corrected chi connectivity index (χ4v) is 2.69. The highest BCUT2D eigenvalue weighted by atomic mass is 35.5. The largest absolute Gasteiger partial charge is 0.476 e. The molecule has 0 atom stereocenters. The molecule has 0 saturated carbocycles. The van der Waals surface area contributed by atoms with E-state index in [1.807, 2.05) is 0 Å². The van der Waals surface area contributed by atoms with Gasteiger partial charge in [0.2, 0.25) is 0 Å². The van der Waals surface area contributed by atoms with Gasteiger partial charge in [-0.1, -0.05) is 23.2 Å². The number of carbonyl (C=O) groups excluding carboxylic acids is 1. The van der Waals surface area contributed by atoms with Gasteiger partial charge in [0.25, 0.3) is 5.91 Å². The second-order valence-electron chi connectivity index (χ2n) is 3.91. The van der Waals surface area contributed by atoms with E-state index < -0.39 is 5.97 Å². The van der Waals surface area contributed by atoms with E-state index >= 15 is 0 Å². The summed E-state index contributed by atoms with van der Waals surface area (Å²) in [4.78, 5) is 30.3. The third-order valence-corrected chi connectivity index (χ3v) is 3.86. The van der Waals surface area contributed by atoms with Gasteiger partial charge < -0.3 is 10.4 Å². The van der Waals surface area contributed by atoms with E-state index in [4.69, 9.17) is 28.3 Å². The number of rotatable bonds is 5. The molecule has 2 aromatic heterocycles. The van der Waals surface area contributed by atoms with Crippen LogP contribution in [0.1, 0.15) is 25.9 Å². The number of hydrogen-bond donors (Lipinski definition) is 2. The molecule has 1 amide bonds. The third-order valence-electron chi connectivity index (χ3n) is 2.45. The monoisotopic (exact) mass is 345 g/mol. The van der Waals surface area contributed by atoms with E-state index in [1.54, 1.807) is 0 Å². The van der Waals surface area contributed by atoms with E-state index in [2.05, 4.69) is 15.3 Å². The summed E-state index contributed by atoms with van der Waals surface area (Å²) in [7, 11) is 0. The SMILES string of the molecule is O=C(O)c1csc(CCNC(=O)c2ccc(Cl)nc2Cl)n1. The molecular weight excluding hydrogens is 337 g/mol.